The van der Waals surface area contributed by atoms with Gasteiger partial charge in [-0.2, -0.15) is 13.2 Å². The first-order valence-corrected chi connectivity index (χ1v) is 10.5. The Morgan fingerprint density at radius 1 is 1.16 bits per heavy atom. The van der Waals surface area contributed by atoms with Crippen molar-refractivity contribution in [2.24, 2.45) is 5.92 Å². The molecule has 0 radical (unpaired) electrons. The summed E-state index contributed by atoms with van der Waals surface area (Å²) in [4.78, 5) is 1.90. The van der Waals surface area contributed by atoms with Crippen molar-refractivity contribution in [1.82, 2.24) is 4.90 Å². The molecule has 0 aromatic heterocycles. The lowest BCUT2D eigenvalue weighted by Gasteiger charge is -2.44. The average molecular weight is 460 g/mol. The van der Waals surface area contributed by atoms with Crippen LogP contribution >= 0.6 is 11.6 Å². The Kier molecular flexibility index (Phi) is 7.31. The minimum absolute atomic E-state index is 0.162. The van der Waals surface area contributed by atoms with E-state index in [9.17, 15) is 22.7 Å². The summed E-state index contributed by atoms with van der Waals surface area (Å²) in [6, 6.07) is 9.67. The van der Waals surface area contributed by atoms with E-state index in [1.807, 2.05) is 19.0 Å². The van der Waals surface area contributed by atoms with E-state index in [2.05, 4.69) is 0 Å². The Bertz CT molecular complexity index is 888. The van der Waals surface area contributed by atoms with Crippen LogP contribution in [0.2, 0.25) is 5.02 Å². The Morgan fingerprint density at radius 3 is 2.45 bits per heavy atom. The van der Waals surface area contributed by atoms with Gasteiger partial charge in [0.1, 0.15) is 5.82 Å². The molecule has 0 bridgehead atoms. The number of alkyl halides is 3. The van der Waals surface area contributed by atoms with Gasteiger partial charge in [0, 0.05) is 12.5 Å². The summed E-state index contributed by atoms with van der Waals surface area (Å²) < 4.78 is 59.1. The Balaban J connectivity index is 1.80. The molecule has 0 saturated heterocycles. The Hall–Kier alpha value is -1.67. The Labute approximate surface area is 184 Å². The highest BCUT2D eigenvalue weighted by Crippen LogP contribution is 2.45. The van der Waals surface area contributed by atoms with E-state index in [0.717, 1.165) is 11.6 Å². The van der Waals surface area contributed by atoms with E-state index in [0.29, 0.717) is 26.0 Å². The first-order chi connectivity index (χ1) is 14.5. The molecule has 0 spiro atoms. The predicted molar refractivity (Wildman–Crippen MR) is 111 cm³/mol. The second-order valence-corrected chi connectivity index (χ2v) is 8.82. The van der Waals surface area contributed by atoms with E-state index in [-0.39, 0.29) is 34.8 Å². The molecule has 1 N–H and O–H groups in total. The third kappa shape index (κ3) is 5.77. The maximum atomic E-state index is 13.4. The van der Waals surface area contributed by atoms with E-state index in [1.54, 1.807) is 12.1 Å². The molecule has 0 amide bonds. The summed E-state index contributed by atoms with van der Waals surface area (Å²) in [5.41, 5.74) is -1.32. The molecule has 2 aromatic rings. The van der Waals surface area contributed by atoms with Crippen LogP contribution < -0.4 is 0 Å². The third-order valence-corrected chi connectivity index (χ3v) is 6.16. The summed E-state index contributed by atoms with van der Waals surface area (Å²) >= 11 is 5.76. The molecule has 3 unspecified atom stereocenters. The zero-order valence-electron chi connectivity index (χ0n) is 17.4. The highest BCUT2D eigenvalue weighted by atomic mass is 35.5. The number of hydrogen-bond acceptors (Lipinski definition) is 3. The molecule has 3 rings (SSSR count). The van der Waals surface area contributed by atoms with Gasteiger partial charge in [0.15, 0.2) is 0 Å². The molecule has 3 atom stereocenters. The van der Waals surface area contributed by atoms with Crippen molar-refractivity contribution in [3.05, 3.63) is 70.0 Å². The number of nitrogens with zero attached hydrogens (tertiary/aromatic N) is 1. The van der Waals surface area contributed by atoms with Crippen molar-refractivity contribution in [1.29, 1.82) is 0 Å². The van der Waals surface area contributed by atoms with Crippen LogP contribution in [-0.4, -0.2) is 36.8 Å². The fraction of sp³-hybridized carbons (Fsp3) is 0.478. The van der Waals surface area contributed by atoms with Gasteiger partial charge in [-0.3, -0.25) is 0 Å². The van der Waals surface area contributed by atoms with Crippen molar-refractivity contribution in [2.75, 3.05) is 20.6 Å². The van der Waals surface area contributed by atoms with Crippen LogP contribution in [0.5, 0.6) is 0 Å². The van der Waals surface area contributed by atoms with Gasteiger partial charge in [-0.1, -0.05) is 29.8 Å². The first kappa shape index (κ1) is 24.0. The summed E-state index contributed by atoms with van der Waals surface area (Å²) in [5.74, 6) is -0.657. The van der Waals surface area contributed by atoms with Crippen molar-refractivity contribution in [3.63, 3.8) is 0 Å². The van der Waals surface area contributed by atoms with Crippen LogP contribution in [0.4, 0.5) is 17.6 Å². The van der Waals surface area contributed by atoms with E-state index in [1.165, 1.54) is 24.3 Å². The largest absolute Gasteiger partial charge is 0.417 e. The van der Waals surface area contributed by atoms with E-state index in [4.69, 9.17) is 16.3 Å². The standard InChI is InChI=1S/C23H26ClF4NO2/c1-29(2)13-17-11-19(31-14-15-3-6-18(25)7-4-15)9-10-22(17,30)16-5-8-21(24)20(12-16)23(26,27)28/h3-8,12,17,19,30H,9-11,13-14H2,1-2H3. The van der Waals surface area contributed by atoms with Crippen molar-refractivity contribution in [2.45, 2.75) is 43.8 Å². The molecule has 0 heterocycles. The highest BCUT2D eigenvalue weighted by molar-refractivity contribution is 6.31. The number of hydrogen-bond donors (Lipinski definition) is 1. The van der Waals surface area contributed by atoms with Crippen LogP contribution in [0.15, 0.2) is 42.5 Å². The van der Waals surface area contributed by atoms with Gasteiger partial charge < -0.3 is 14.7 Å². The fourth-order valence-electron chi connectivity index (χ4n) is 4.22. The number of ether oxygens (including phenoxy) is 1. The van der Waals surface area contributed by atoms with Gasteiger partial charge in [-0.25, -0.2) is 4.39 Å². The summed E-state index contributed by atoms with van der Waals surface area (Å²) in [7, 11) is 3.71. The highest BCUT2D eigenvalue weighted by Gasteiger charge is 2.45. The number of rotatable bonds is 6. The summed E-state index contributed by atoms with van der Waals surface area (Å²) in [6.45, 7) is 0.786. The fourth-order valence-corrected chi connectivity index (χ4v) is 4.44. The molecule has 1 saturated carbocycles. The maximum absolute atomic E-state index is 13.4. The molecule has 1 aliphatic rings. The van der Waals surface area contributed by atoms with Gasteiger partial charge in [-0.15, -0.1) is 0 Å². The second-order valence-electron chi connectivity index (χ2n) is 8.41. The zero-order chi connectivity index (χ0) is 22.8. The normalized spacial score (nSPS) is 24.5. The molecule has 3 nitrogen and oxygen atoms in total. The number of halogens is 5. The van der Waals surface area contributed by atoms with Gasteiger partial charge in [0.25, 0.3) is 0 Å². The molecule has 2 aromatic carbocycles. The number of benzene rings is 2. The van der Waals surface area contributed by atoms with Crippen molar-refractivity contribution < 1.29 is 27.4 Å². The summed E-state index contributed by atoms with van der Waals surface area (Å²) in [5, 5.41) is 11.1. The maximum Gasteiger partial charge on any atom is 0.417 e. The van der Waals surface area contributed by atoms with Crippen LogP contribution in [-0.2, 0) is 23.1 Å². The van der Waals surface area contributed by atoms with E-state index < -0.39 is 17.3 Å². The lowest BCUT2D eigenvalue weighted by molar-refractivity contribution is -0.138. The molecule has 0 aliphatic heterocycles. The second kappa shape index (κ2) is 9.45. The molecular weight excluding hydrogens is 434 g/mol. The molecule has 1 aliphatic carbocycles. The quantitative estimate of drug-likeness (QED) is 0.568. The molecule has 8 heteroatoms. The average Bonchev–Trinajstić information content (AvgIpc) is 2.69. The smallest absolute Gasteiger partial charge is 0.385 e. The predicted octanol–water partition coefficient (Wildman–Crippen LogP) is 5.63. The van der Waals surface area contributed by atoms with Crippen LogP contribution in [0.25, 0.3) is 0 Å². The van der Waals surface area contributed by atoms with Crippen LogP contribution in [0, 0.1) is 11.7 Å². The van der Waals surface area contributed by atoms with Crippen molar-refractivity contribution >= 4 is 11.6 Å². The first-order valence-electron chi connectivity index (χ1n) is 10.1. The van der Waals surface area contributed by atoms with E-state index >= 15 is 0 Å². The number of aliphatic hydroxyl groups is 1. The van der Waals surface area contributed by atoms with Gasteiger partial charge in [0.05, 0.1) is 28.9 Å². The lowest BCUT2D eigenvalue weighted by atomic mass is 9.70. The third-order valence-electron chi connectivity index (χ3n) is 5.83. The monoisotopic (exact) mass is 459 g/mol. The SMILES string of the molecule is CN(C)CC1CC(OCc2ccc(F)cc2)CCC1(O)c1ccc(Cl)c(C(F)(F)F)c1. The minimum atomic E-state index is -4.60. The summed E-state index contributed by atoms with van der Waals surface area (Å²) in [6.07, 6.45) is -3.52. The molecule has 31 heavy (non-hydrogen) atoms. The molecule has 1 fully saturated rings. The Morgan fingerprint density at radius 2 is 1.84 bits per heavy atom. The zero-order valence-corrected chi connectivity index (χ0v) is 18.2. The van der Waals surface area contributed by atoms with Crippen molar-refractivity contribution in [3.8, 4) is 0 Å². The van der Waals surface area contributed by atoms with Gasteiger partial charge in [-0.05, 0) is 68.8 Å². The van der Waals surface area contributed by atoms with Gasteiger partial charge >= 0.3 is 6.18 Å². The topological polar surface area (TPSA) is 32.7 Å². The molecule has 170 valence electrons. The molecular formula is C23H26ClF4NO2. The minimum Gasteiger partial charge on any atom is -0.385 e. The van der Waals surface area contributed by atoms with Crippen LogP contribution in [0.1, 0.15) is 36.0 Å². The van der Waals surface area contributed by atoms with Crippen LogP contribution in [0.3, 0.4) is 0 Å². The van der Waals surface area contributed by atoms with Gasteiger partial charge in [0.2, 0.25) is 0 Å². The lowest BCUT2D eigenvalue weighted by Crippen LogP contribution is -2.47.